The molecule has 0 nitrogen and oxygen atoms in total. The third-order valence-electron chi connectivity index (χ3n) is 3.45. The van der Waals surface area contributed by atoms with E-state index in [1.54, 1.807) is 0 Å². The molecule has 0 amide bonds. The summed E-state index contributed by atoms with van der Waals surface area (Å²) in [7, 11) is 0. The fraction of sp³-hybridized carbons (Fsp3) is 0.235. The van der Waals surface area contributed by atoms with Crippen LogP contribution in [0.1, 0.15) is 31.9 Å². The molecule has 0 saturated heterocycles. The normalized spacial score (nSPS) is 15.5. The molecule has 0 bridgehead atoms. The SMILES string of the molecule is CC(C)(C)[C]1C=Cc2cc3ccccc3cc21. The van der Waals surface area contributed by atoms with Crippen LogP contribution >= 0.6 is 0 Å². The predicted octanol–water partition coefficient (Wildman–Crippen LogP) is 4.84. The highest BCUT2D eigenvalue weighted by atomic mass is 14.3. The molecule has 0 aromatic heterocycles. The summed E-state index contributed by atoms with van der Waals surface area (Å²) in [5, 5.41) is 2.66. The van der Waals surface area contributed by atoms with Crippen molar-refractivity contribution < 1.29 is 0 Å². The second kappa shape index (κ2) is 3.46. The number of benzene rings is 2. The lowest BCUT2D eigenvalue weighted by Crippen LogP contribution is -2.16. The molecule has 0 N–H and O–H groups in total. The molecule has 0 aliphatic heterocycles. The lowest BCUT2D eigenvalue weighted by atomic mass is 9.77. The number of rotatable bonds is 0. The zero-order chi connectivity index (χ0) is 12.0. The van der Waals surface area contributed by atoms with Crippen LogP contribution in [0.4, 0.5) is 0 Å². The van der Waals surface area contributed by atoms with Crippen LogP contribution in [0.15, 0.2) is 42.5 Å². The summed E-state index contributed by atoms with van der Waals surface area (Å²) in [6.07, 6.45) is 4.51. The minimum Gasteiger partial charge on any atom is -0.0716 e. The number of hydrogen-bond donors (Lipinski definition) is 0. The van der Waals surface area contributed by atoms with E-state index < -0.39 is 0 Å². The quantitative estimate of drug-likeness (QED) is 0.597. The van der Waals surface area contributed by atoms with Crippen molar-refractivity contribution in [1.82, 2.24) is 0 Å². The Hall–Kier alpha value is -1.56. The third kappa shape index (κ3) is 1.68. The van der Waals surface area contributed by atoms with Gasteiger partial charge in [-0.05, 0) is 39.4 Å². The molecule has 0 saturated carbocycles. The molecule has 17 heavy (non-hydrogen) atoms. The van der Waals surface area contributed by atoms with Crippen molar-refractivity contribution in [2.24, 2.45) is 5.41 Å². The van der Waals surface area contributed by atoms with Crippen molar-refractivity contribution in [3.05, 3.63) is 59.5 Å². The van der Waals surface area contributed by atoms with Crippen molar-refractivity contribution in [3.8, 4) is 0 Å². The van der Waals surface area contributed by atoms with Crippen molar-refractivity contribution in [1.29, 1.82) is 0 Å². The summed E-state index contributed by atoms with van der Waals surface area (Å²) in [4.78, 5) is 0. The van der Waals surface area contributed by atoms with Gasteiger partial charge in [0, 0.05) is 5.92 Å². The number of allylic oxidation sites excluding steroid dienone is 1. The first-order valence-corrected chi connectivity index (χ1v) is 6.14. The second-order valence-electron chi connectivity index (χ2n) is 5.78. The molecule has 1 aliphatic rings. The van der Waals surface area contributed by atoms with E-state index in [9.17, 15) is 0 Å². The van der Waals surface area contributed by atoms with Gasteiger partial charge in [0.2, 0.25) is 0 Å². The van der Waals surface area contributed by atoms with Crippen molar-refractivity contribution in [2.75, 3.05) is 0 Å². The highest BCUT2D eigenvalue weighted by molar-refractivity contribution is 5.89. The Morgan fingerprint density at radius 3 is 2.12 bits per heavy atom. The van der Waals surface area contributed by atoms with Gasteiger partial charge in [0.15, 0.2) is 0 Å². The molecular weight excluding hydrogens is 204 g/mol. The van der Waals surface area contributed by atoms with Gasteiger partial charge in [-0.2, -0.15) is 0 Å². The highest BCUT2D eigenvalue weighted by Gasteiger charge is 2.29. The second-order valence-corrected chi connectivity index (χ2v) is 5.78. The van der Waals surface area contributed by atoms with Gasteiger partial charge in [-0.15, -0.1) is 0 Å². The fourth-order valence-corrected chi connectivity index (χ4v) is 2.55. The van der Waals surface area contributed by atoms with Gasteiger partial charge in [0.25, 0.3) is 0 Å². The van der Waals surface area contributed by atoms with Crippen LogP contribution in [0.5, 0.6) is 0 Å². The fourth-order valence-electron chi connectivity index (χ4n) is 2.55. The molecule has 1 radical (unpaired) electrons. The lowest BCUT2D eigenvalue weighted by Gasteiger charge is -2.26. The molecule has 2 aromatic carbocycles. The summed E-state index contributed by atoms with van der Waals surface area (Å²) >= 11 is 0. The summed E-state index contributed by atoms with van der Waals surface area (Å²) in [5.41, 5.74) is 2.97. The van der Waals surface area contributed by atoms with Gasteiger partial charge in [-0.25, -0.2) is 0 Å². The minimum atomic E-state index is 0.213. The maximum atomic E-state index is 2.32. The average Bonchev–Trinajstić information content (AvgIpc) is 2.68. The minimum absolute atomic E-state index is 0.213. The van der Waals surface area contributed by atoms with Gasteiger partial charge >= 0.3 is 0 Å². The Balaban J connectivity index is 2.21. The summed E-state index contributed by atoms with van der Waals surface area (Å²) in [6.45, 7) is 6.82. The van der Waals surface area contributed by atoms with Crippen LogP contribution in [0.25, 0.3) is 16.8 Å². The lowest BCUT2D eigenvalue weighted by molar-refractivity contribution is 0.471. The summed E-state index contributed by atoms with van der Waals surface area (Å²) < 4.78 is 0. The van der Waals surface area contributed by atoms with E-state index in [1.807, 2.05) is 0 Å². The zero-order valence-corrected chi connectivity index (χ0v) is 10.6. The van der Waals surface area contributed by atoms with Crippen LogP contribution < -0.4 is 0 Å². The maximum absolute atomic E-state index is 2.32. The van der Waals surface area contributed by atoms with E-state index in [4.69, 9.17) is 0 Å². The Morgan fingerprint density at radius 2 is 1.47 bits per heavy atom. The van der Waals surface area contributed by atoms with E-state index >= 15 is 0 Å². The van der Waals surface area contributed by atoms with Crippen LogP contribution in [-0.4, -0.2) is 0 Å². The van der Waals surface area contributed by atoms with Gasteiger partial charge in [0.1, 0.15) is 0 Å². The smallest absolute Gasteiger partial charge is 0.0327 e. The molecule has 0 unspecified atom stereocenters. The Kier molecular flexibility index (Phi) is 2.16. The van der Waals surface area contributed by atoms with Crippen molar-refractivity contribution in [3.63, 3.8) is 0 Å². The molecule has 3 rings (SSSR count). The molecule has 0 atom stereocenters. The third-order valence-corrected chi connectivity index (χ3v) is 3.45. The molecule has 85 valence electrons. The predicted molar refractivity (Wildman–Crippen MR) is 74.8 cm³/mol. The largest absolute Gasteiger partial charge is 0.0716 e. The number of hydrogen-bond acceptors (Lipinski definition) is 0. The van der Waals surface area contributed by atoms with Crippen LogP contribution in [0.2, 0.25) is 0 Å². The number of fused-ring (bicyclic) bond motifs is 2. The molecule has 2 aromatic rings. The van der Waals surface area contributed by atoms with Crippen LogP contribution in [0.3, 0.4) is 0 Å². The Labute approximate surface area is 103 Å². The standard InChI is InChI=1S/C17H17/c1-17(2,3)16-9-8-14-10-12-6-4-5-7-13(12)11-15(14)16/h4-11H,1-3H3. The summed E-state index contributed by atoms with van der Waals surface area (Å²) in [6, 6.07) is 13.2. The van der Waals surface area contributed by atoms with Gasteiger partial charge in [-0.1, -0.05) is 57.2 Å². The Morgan fingerprint density at radius 1 is 0.824 bits per heavy atom. The molecular formula is C17H17. The first kappa shape index (κ1) is 10.6. The van der Waals surface area contributed by atoms with E-state index in [-0.39, 0.29) is 5.41 Å². The molecule has 0 fully saturated rings. The van der Waals surface area contributed by atoms with E-state index in [0.717, 1.165) is 0 Å². The van der Waals surface area contributed by atoms with E-state index in [2.05, 4.69) is 69.3 Å². The monoisotopic (exact) mass is 221 g/mol. The maximum Gasteiger partial charge on any atom is 0.0327 e. The van der Waals surface area contributed by atoms with E-state index in [1.165, 1.54) is 27.8 Å². The molecule has 0 heterocycles. The van der Waals surface area contributed by atoms with Gasteiger partial charge < -0.3 is 0 Å². The van der Waals surface area contributed by atoms with Crippen LogP contribution in [0, 0.1) is 11.3 Å². The van der Waals surface area contributed by atoms with Gasteiger partial charge in [0.05, 0.1) is 0 Å². The van der Waals surface area contributed by atoms with E-state index in [0.29, 0.717) is 0 Å². The highest BCUT2D eigenvalue weighted by Crippen LogP contribution is 2.42. The molecule has 1 aliphatic carbocycles. The summed E-state index contributed by atoms with van der Waals surface area (Å²) in [5.74, 6) is 1.44. The average molecular weight is 221 g/mol. The molecule has 0 heteroatoms. The van der Waals surface area contributed by atoms with Gasteiger partial charge in [-0.3, -0.25) is 0 Å². The molecule has 0 spiro atoms. The Bertz CT molecular complexity index is 597. The van der Waals surface area contributed by atoms with Crippen molar-refractivity contribution >= 4 is 16.8 Å². The first-order valence-electron chi connectivity index (χ1n) is 6.14. The topological polar surface area (TPSA) is 0 Å². The first-order chi connectivity index (χ1) is 8.05. The van der Waals surface area contributed by atoms with Crippen molar-refractivity contribution in [2.45, 2.75) is 20.8 Å². The zero-order valence-electron chi connectivity index (χ0n) is 10.6. The van der Waals surface area contributed by atoms with Crippen LogP contribution in [-0.2, 0) is 0 Å².